The molecule has 0 atom stereocenters. The first-order chi connectivity index (χ1) is 11.2. The molecular weight excluding hydrogens is 319 g/mol. The molecule has 0 saturated heterocycles. The van der Waals surface area contributed by atoms with Crippen LogP contribution >= 0.6 is 11.8 Å². The summed E-state index contributed by atoms with van der Waals surface area (Å²) in [6, 6.07) is 7.28. The number of nitrogens with zero attached hydrogens (tertiary/aromatic N) is 5. The van der Waals surface area contributed by atoms with Gasteiger partial charge in [-0.15, -0.1) is 10.2 Å². The molecule has 0 spiro atoms. The maximum atomic E-state index is 12.9. The smallest absolute Gasteiger partial charge is 0.223 e. The summed E-state index contributed by atoms with van der Waals surface area (Å²) >= 11 is 1.18. The molecule has 2 N–H and O–H groups in total. The average Bonchev–Trinajstić information content (AvgIpc) is 2.90. The highest BCUT2D eigenvalue weighted by Crippen LogP contribution is 2.25. The predicted octanol–water partition coefficient (Wildman–Crippen LogP) is 2.43. The molecular formula is C14H13FN6OS. The van der Waals surface area contributed by atoms with Gasteiger partial charge in [-0.25, -0.2) is 14.1 Å². The Balaban J connectivity index is 1.76. The van der Waals surface area contributed by atoms with E-state index in [0.717, 1.165) is 0 Å². The number of aryl methyl sites for hydroxylation is 1. The molecule has 1 aromatic carbocycles. The summed E-state index contributed by atoms with van der Waals surface area (Å²) in [7, 11) is 0. The van der Waals surface area contributed by atoms with Crippen molar-refractivity contribution in [2.75, 3.05) is 5.84 Å². The molecule has 0 radical (unpaired) electrons. The van der Waals surface area contributed by atoms with E-state index < -0.39 is 0 Å². The third-order valence-corrected chi connectivity index (χ3v) is 3.72. The molecule has 0 aliphatic heterocycles. The molecule has 2 heterocycles. The fraction of sp³-hybridized carbons (Fsp3) is 0.143. The zero-order chi connectivity index (χ0) is 16.2. The summed E-state index contributed by atoms with van der Waals surface area (Å²) in [5.74, 6) is 7.05. The van der Waals surface area contributed by atoms with Gasteiger partial charge in [-0.2, -0.15) is 4.98 Å². The molecule has 23 heavy (non-hydrogen) atoms. The Labute approximate surface area is 135 Å². The third-order valence-electron chi connectivity index (χ3n) is 2.88. The molecule has 7 nitrogen and oxygen atoms in total. The van der Waals surface area contributed by atoms with Crippen molar-refractivity contribution >= 4 is 11.8 Å². The van der Waals surface area contributed by atoms with E-state index in [0.29, 0.717) is 34.2 Å². The molecule has 118 valence electrons. The van der Waals surface area contributed by atoms with E-state index in [1.807, 2.05) is 6.92 Å². The van der Waals surface area contributed by atoms with Crippen molar-refractivity contribution in [1.82, 2.24) is 24.8 Å². The van der Waals surface area contributed by atoms with Crippen LogP contribution in [0.25, 0.3) is 0 Å². The Morgan fingerprint density at radius 2 is 2.00 bits per heavy atom. The van der Waals surface area contributed by atoms with Crippen molar-refractivity contribution in [2.24, 2.45) is 0 Å². The van der Waals surface area contributed by atoms with Crippen LogP contribution in [0, 0.1) is 5.82 Å². The largest absolute Gasteiger partial charge is 0.439 e. The zero-order valence-electron chi connectivity index (χ0n) is 12.2. The topological polar surface area (TPSA) is 91.7 Å². The predicted molar refractivity (Wildman–Crippen MR) is 82.2 cm³/mol. The number of rotatable bonds is 5. The van der Waals surface area contributed by atoms with Crippen LogP contribution in [-0.2, 0) is 6.42 Å². The Morgan fingerprint density at radius 3 is 2.70 bits per heavy atom. The molecule has 0 unspecified atom stereocenters. The quantitative estimate of drug-likeness (QED) is 0.566. The van der Waals surface area contributed by atoms with Crippen molar-refractivity contribution in [2.45, 2.75) is 23.7 Å². The lowest BCUT2D eigenvalue weighted by atomic mass is 10.3. The first-order valence-corrected chi connectivity index (χ1v) is 7.61. The molecule has 0 fully saturated rings. The summed E-state index contributed by atoms with van der Waals surface area (Å²) in [4.78, 5) is 8.40. The lowest BCUT2D eigenvalue weighted by Crippen LogP contribution is -2.13. The van der Waals surface area contributed by atoms with E-state index in [4.69, 9.17) is 10.6 Å². The van der Waals surface area contributed by atoms with Crippen LogP contribution in [0.15, 0.2) is 46.8 Å². The maximum absolute atomic E-state index is 12.9. The fourth-order valence-electron chi connectivity index (χ4n) is 1.75. The molecule has 3 aromatic rings. The maximum Gasteiger partial charge on any atom is 0.223 e. The molecule has 0 aliphatic carbocycles. The van der Waals surface area contributed by atoms with Crippen molar-refractivity contribution in [3.63, 3.8) is 0 Å². The van der Waals surface area contributed by atoms with Gasteiger partial charge in [0.25, 0.3) is 0 Å². The van der Waals surface area contributed by atoms with Crippen LogP contribution in [-0.4, -0.2) is 24.8 Å². The Hall–Kier alpha value is -2.68. The molecule has 0 bridgehead atoms. The monoisotopic (exact) mass is 332 g/mol. The molecule has 3 rings (SSSR count). The van der Waals surface area contributed by atoms with Gasteiger partial charge in [-0.1, -0.05) is 6.92 Å². The average molecular weight is 332 g/mol. The highest BCUT2D eigenvalue weighted by atomic mass is 32.2. The van der Waals surface area contributed by atoms with Crippen LogP contribution in [0.4, 0.5) is 4.39 Å². The Kier molecular flexibility index (Phi) is 4.38. The van der Waals surface area contributed by atoms with Gasteiger partial charge in [0.05, 0.1) is 0 Å². The van der Waals surface area contributed by atoms with Crippen LogP contribution in [0.5, 0.6) is 11.6 Å². The lowest BCUT2D eigenvalue weighted by Gasteiger charge is -2.05. The summed E-state index contributed by atoms with van der Waals surface area (Å²) in [5, 5.41) is 8.88. The third kappa shape index (κ3) is 3.57. The highest BCUT2D eigenvalue weighted by molar-refractivity contribution is 7.99. The van der Waals surface area contributed by atoms with Crippen LogP contribution in [0.2, 0.25) is 0 Å². The summed E-state index contributed by atoms with van der Waals surface area (Å²) < 4.78 is 19.9. The number of hydrogen-bond acceptors (Lipinski definition) is 7. The van der Waals surface area contributed by atoms with Gasteiger partial charge in [0.15, 0.2) is 11.0 Å². The zero-order valence-corrected chi connectivity index (χ0v) is 13.0. The first kappa shape index (κ1) is 15.2. The van der Waals surface area contributed by atoms with Crippen LogP contribution < -0.4 is 10.6 Å². The molecule has 0 amide bonds. The minimum Gasteiger partial charge on any atom is -0.439 e. The van der Waals surface area contributed by atoms with Gasteiger partial charge in [0, 0.05) is 18.7 Å². The second-order valence-corrected chi connectivity index (χ2v) is 5.39. The lowest BCUT2D eigenvalue weighted by molar-refractivity contribution is 0.454. The van der Waals surface area contributed by atoms with Gasteiger partial charge in [-0.05, 0) is 36.0 Å². The normalized spacial score (nSPS) is 10.7. The van der Waals surface area contributed by atoms with Crippen molar-refractivity contribution in [3.05, 3.63) is 48.2 Å². The van der Waals surface area contributed by atoms with Crippen LogP contribution in [0.3, 0.4) is 0 Å². The van der Waals surface area contributed by atoms with Crippen molar-refractivity contribution < 1.29 is 9.13 Å². The number of hydrogen-bond donors (Lipinski definition) is 1. The van der Waals surface area contributed by atoms with Gasteiger partial charge in [0.2, 0.25) is 11.0 Å². The van der Waals surface area contributed by atoms with Gasteiger partial charge in [0.1, 0.15) is 11.6 Å². The summed E-state index contributed by atoms with van der Waals surface area (Å²) in [5.41, 5.74) is 0. The Bertz CT molecular complexity index is 807. The number of ether oxygens (including phenoxy) is 1. The number of halogens is 1. The van der Waals surface area contributed by atoms with E-state index in [1.54, 1.807) is 12.3 Å². The van der Waals surface area contributed by atoms with Crippen LogP contribution in [0.1, 0.15) is 12.7 Å². The number of nitrogen functional groups attached to an aromatic ring is 1. The van der Waals surface area contributed by atoms with Gasteiger partial charge in [-0.3, -0.25) is 0 Å². The van der Waals surface area contributed by atoms with Gasteiger partial charge < -0.3 is 10.6 Å². The van der Waals surface area contributed by atoms with Crippen molar-refractivity contribution in [1.29, 1.82) is 0 Å². The van der Waals surface area contributed by atoms with Gasteiger partial charge >= 0.3 is 0 Å². The molecule has 0 saturated carbocycles. The van der Waals surface area contributed by atoms with E-state index in [1.165, 1.54) is 40.7 Å². The van der Waals surface area contributed by atoms with E-state index in [9.17, 15) is 4.39 Å². The molecule has 0 aliphatic rings. The number of aromatic nitrogens is 5. The first-order valence-electron chi connectivity index (χ1n) is 6.79. The van der Waals surface area contributed by atoms with Crippen molar-refractivity contribution in [3.8, 4) is 11.6 Å². The second kappa shape index (κ2) is 6.61. The molecule has 9 heteroatoms. The fourth-order valence-corrected chi connectivity index (χ4v) is 2.45. The minimum atomic E-state index is -0.328. The molecule has 2 aromatic heterocycles. The standard InChI is InChI=1S/C14H13FN6OS/c1-2-11-19-20-14(21(11)16)23-13-17-8-7-12(18-13)22-10-5-3-9(15)4-6-10/h3-8H,2,16H2,1H3. The van der Waals surface area contributed by atoms with E-state index in [-0.39, 0.29) is 5.82 Å². The second-order valence-electron chi connectivity index (χ2n) is 4.46. The minimum absolute atomic E-state index is 0.328. The van der Waals surface area contributed by atoms with E-state index in [2.05, 4.69) is 20.2 Å². The highest BCUT2D eigenvalue weighted by Gasteiger charge is 2.12. The number of benzene rings is 1. The number of nitrogens with two attached hydrogens (primary N) is 1. The summed E-state index contributed by atoms with van der Waals surface area (Å²) in [6.07, 6.45) is 2.24. The SMILES string of the molecule is CCc1nnc(Sc2nccc(Oc3ccc(F)cc3)n2)n1N. The van der Waals surface area contributed by atoms with E-state index >= 15 is 0 Å². The Morgan fingerprint density at radius 1 is 1.22 bits per heavy atom. The summed E-state index contributed by atoms with van der Waals surface area (Å²) in [6.45, 7) is 1.94.